The summed E-state index contributed by atoms with van der Waals surface area (Å²) in [4.78, 5) is 13.4. The number of sulfonamides is 1. The summed E-state index contributed by atoms with van der Waals surface area (Å²) in [5.74, 6) is 0. The first-order valence-electron chi connectivity index (χ1n) is 5.87. The van der Waals surface area contributed by atoms with Crippen molar-refractivity contribution in [3.05, 3.63) is 28.7 Å². The second kappa shape index (κ2) is 5.21. The van der Waals surface area contributed by atoms with Crippen molar-refractivity contribution in [2.75, 3.05) is 13.2 Å². The summed E-state index contributed by atoms with van der Waals surface area (Å²) in [7, 11) is -3.64. The summed E-state index contributed by atoms with van der Waals surface area (Å²) in [5.41, 5.74) is -0.341. The van der Waals surface area contributed by atoms with Crippen LogP contribution in [-0.4, -0.2) is 42.0 Å². The number of pyridine rings is 1. The third-order valence-corrected chi connectivity index (χ3v) is 5.09. The predicted molar refractivity (Wildman–Crippen MR) is 65.7 cm³/mol. The molecule has 1 atom stereocenters. The van der Waals surface area contributed by atoms with E-state index < -0.39 is 10.0 Å². The Labute approximate surface area is 105 Å². The number of rotatable bonds is 3. The molecule has 0 aliphatic carbocycles. The molecule has 1 fully saturated rings. The average Bonchev–Trinajstić information content (AvgIpc) is 2.39. The number of aromatic nitrogens is 1. The van der Waals surface area contributed by atoms with Crippen LogP contribution >= 0.6 is 0 Å². The first-order valence-corrected chi connectivity index (χ1v) is 7.31. The number of nitrogens with one attached hydrogen (secondary N) is 1. The van der Waals surface area contributed by atoms with Crippen LogP contribution in [0.25, 0.3) is 0 Å². The van der Waals surface area contributed by atoms with Crippen molar-refractivity contribution in [1.82, 2.24) is 9.29 Å². The molecule has 100 valence electrons. The van der Waals surface area contributed by atoms with E-state index in [2.05, 4.69) is 4.98 Å². The van der Waals surface area contributed by atoms with Crippen LogP contribution < -0.4 is 5.56 Å². The number of aliphatic hydroxyl groups is 1. The number of nitrogens with zero attached hydrogens (tertiary/aromatic N) is 1. The minimum absolute atomic E-state index is 0.0578. The number of piperidine rings is 1. The fraction of sp³-hybridized carbons (Fsp3) is 0.545. The average molecular weight is 272 g/mol. The van der Waals surface area contributed by atoms with Gasteiger partial charge in [-0.15, -0.1) is 0 Å². The Kier molecular flexibility index (Phi) is 3.84. The third kappa shape index (κ3) is 2.47. The molecule has 7 heteroatoms. The quantitative estimate of drug-likeness (QED) is 0.804. The van der Waals surface area contributed by atoms with E-state index in [-0.39, 0.29) is 23.1 Å². The van der Waals surface area contributed by atoms with Crippen molar-refractivity contribution in [1.29, 1.82) is 0 Å². The molecule has 1 aliphatic rings. The molecule has 0 radical (unpaired) electrons. The Balaban J connectivity index is 2.34. The molecular weight excluding hydrogens is 256 g/mol. The van der Waals surface area contributed by atoms with Gasteiger partial charge >= 0.3 is 0 Å². The molecule has 0 spiro atoms. The highest BCUT2D eigenvalue weighted by atomic mass is 32.2. The topological polar surface area (TPSA) is 90.5 Å². The normalized spacial score (nSPS) is 21.9. The van der Waals surface area contributed by atoms with Crippen molar-refractivity contribution in [2.45, 2.75) is 30.2 Å². The minimum atomic E-state index is -3.64. The summed E-state index contributed by atoms with van der Waals surface area (Å²) < 4.78 is 26.0. The van der Waals surface area contributed by atoms with Crippen molar-refractivity contribution >= 4 is 10.0 Å². The maximum atomic E-state index is 12.4. The van der Waals surface area contributed by atoms with Crippen LogP contribution in [0.4, 0.5) is 0 Å². The fourth-order valence-electron chi connectivity index (χ4n) is 2.17. The van der Waals surface area contributed by atoms with Gasteiger partial charge in [-0.25, -0.2) is 8.42 Å². The molecule has 2 rings (SSSR count). The summed E-state index contributed by atoms with van der Waals surface area (Å²) in [5, 5.41) is 9.25. The van der Waals surface area contributed by atoms with Gasteiger partial charge in [0.1, 0.15) is 0 Å². The summed E-state index contributed by atoms with van der Waals surface area (Å²) in [6, 6.07) is 2.11. The lowest BCUT2D eigenvalue weighted by molar-refractivity contribution is 0.155. The highest BCUT2D eigenvalue weighted by Gasteiger charge is 2.33. The second-order valence-electron chi connectivity index (χ2n) is 4.34. The van der Waals surface area contributed by atoms with E-state index in [1.165, 1.54) is 22.6 Å². The third-order valence-electron chi connectivity index (χ3n) is 3.15. The Bertz CT molecular complexity index is 546. The smallest absolute Gasteiger partial charge is 0.247 e. The summed E-state index contributed by atoms with van der Waals surface area (Å²) >= 11 is 0. The zero-order valence-corrected chi connectivity index (χ0v) is 10.7. The van der Waals surface area contributed by atoms with Crippen LogP contribution in [0.5, 0.6) is 0 Å². The highest BCUT2D eigenvalue weighted by Crippen LogP contribution is 2.24. The van der Waals surface area contributed by atoms with E-state index in [0.717, 1.165) is 12.8 Å². The largest absolute Gasteiger partial charge is 0.395 e. The Morgan fingerprint density at radius 2 is 2.17 bits per heavy atom. The molecule has 0 aromatic carbocycles. The SMILES string of the molecule is O=c1ccc(S(=O)(=O)N2CCCCC2CO)c[nH]1. The highest BCUT2D eigenvalue weighted by molar-refractivity contribution is 7.89. The molecule has 0 bridgehead atoms. The molecule has 2 heterocycles. The summed E-state index contributed by atoms with van der Waals surface area (Å²) in [6.07, 6.45) is 3.57. The zero-order valence-electron chi connectivity index (χ0n) is 9.87. The van der Waals surface area contributed by atoms with Crippen molar-refractivity contribution in [3.8, 4) is 0 Å². The molecular formula is C11H16N2O4S. The van der Waals surface area contributed by atoms with Gasteiger partial charge in [0.05, 0.1) is 11.5 Å². The maximum Gasteiger partial charge on any atom is 0.247 e. The zero-order chi connectivity index (χ0) is 13.2. The number of aromatic amines is 1. The molecule has 1 aliphatic heterocycles. The van der Waals surface area contributed by atoms with Crippen LogP contribution in [0.3, 0.4) is 0 Å². The van der Waals surface area contributed by atoms with E-state index in [9.17, 15) is 18.3 Å². The monoisotopic (exact) mass is 272 g/mol. The van der Waals surface area contributed by atoms with Gasteiger partial charge in [0.25, 0.3) is 0 Å². The van der Waals surface area contributed by atoms with Gasteiger partial charge in [0.15, 0.2) is 0 Å². The van der Waals surface area contributed by atoms with Crippen LogP contribution in [0.15, 0.2) is 28.0 Å². The van der Waals surface area contributed by atoms with Gasteiger partial charge < -0.3 is 10.1 Å². The molecule has 0 amide bonds. The maximum absolute atomic E-state index is 12.4. The van der Waals surface area contributed by atoms with Crippen molar-refractivity contribution in [2.24, 2.45) is 0 Å². The molecule has 1 unspecified atom stereocenters. The first-order chi connectivity index (χ1) is 8.55. The number of hydrogen-bond donors (Lipinski definition) is 2. The van der Waals surface area contributed by atoms with Gasteiger partial charge in [-0.05, 0) is 18.9 Å². The van der Waals surface area contributed by atoms with Crippen LogP contribution in [-0.2, 0) is 10.0 Å². The molecule has 6 nitrogen and oxygen atoms in total. The predicted octanol–water partition coefficient (Wildman–Crippen LogP) is -0.0896. The molecule has 0 saturated carbocycles. The summed E-state index contributed by atoms with van der Waals surface area (Å²) in [6.45, 7) is 0.231. The van der Waals surface area contributed by atoms with E-state index in [1.807, 2.05) is 0 Å². The van der Waals surface area contributed by atoms with Gasteiger partial charge in [-0.1, -0.05) is 6.42 Å². The van der Waals surface area contributed by atoms with Gasteiger partial charge in [0, 0.05) is 24.8 Å². The van der Waals surface area contributed by atoms with Gasteiger partial charge in [0.2, 0.25) is 15.6 Å². The molecule has 18 heavy (non-hydrogen) atoms. The molecule has 1 aromatic heterocycles. The Morgan fingerprint density at radius 3 is 2.78 bits per heavy atom. The van der Waals surface area contributed by atoms with E-state index in [4.69, 9.17) is 0 Å². The lowest BCUT2D eigenvalue weighted by Gasteiger charge is -2.33. The Hall–Kier alpha value is -1.18. The lowest BCUT2D eigenvalue weighted by Crippen LogP contribution is -2.45. The van der Waals surface area contributed by atoms with Gasteiger partial charge in [-0.3, -0.25) is 4.79 Å². The lowest BCUT2D eigenvalue weighted by atomic mass is 10.1. The van der Waals surface area contributed by atoms with E-state index >= 15 is 0 Å². The first kappa shape index (κ1) is 13.3. The van der Waals surface area contributed by atoms with Crippen molar-refractivity contribution < 1.29 is 13.5 Å². The standard InChI is InChI=1S/C11H16N2O4S/c14-8-9-3-1-2-6-13(9)18(16,17)10-4-5-11(15)12-7-10/h4-5,7,9,14H,1-3,6,8H2,(H,12,15). The second-order valence-corrected chi connectivity index (χ2v) is 6.23. The van der Waals surface area contributed by atoms with Crippen LogP contribution in [0.2, 0.25) is 0 Å². The fourth-order valence-corrected chi connectivity index (χ4v) is 3.82. The van der Waals surface area contributed by atoms with Crippen LogP contribution in [0.1, 0.15) is 19.3 Å². The number of aliphatic hydroxyl groups excluding tert-OH is 1. The van der Waals surface area contributed by atoms with Crippen molar-refractivity contribution in [3.63, 3.8) is 0 Å². The van der Waals surface area contributed by atoms with E-state index in [0.29, 0.717) is 13.0 Å². The Morgan fingerprint density at radius 1 is 1.39 bits per heavy atom. The van der Waals surface area contributed by atoms with Crippen LogP contribution in [0, 0.1) is 0 Å². The molecule has 1 saturated heterocycles. The number of H-pyrrole nitrogens is 1. The molecule has 2 N–H and O–H groups in total. The number of hydrogen-bond acceptors (Lipinski definition) is 4. The molecule has 1 aromatic rings. The van der Waals surface area contributed by atoms with Gasteiger partial charge in [-0.2, -0.15) is 4.31 Å². The minimum Gasteiger partial charge on any atom is -0.395 e. The van der Waals surface area contributed by atoms with E-state index in [1.54, 1.807) is 0 Å².